The van der Waals surface area contributed by atoms with E-state index in [-0.39, 0.29) is 24.0 Å². The number of fused-ring (bicyclic) bond motifs is 1. The second kappa shape index (κ2) is 10.1. The van der Waals surface area contributed by atoms with Gasteiger partial charge >= 0.3 is 0 Å². The molecule has 1 aromatic heterocycles. The molecule has 0 spiro atoms. The first-order valence-electron chi connectivity index (χ1n) is 9.31. The highest BCUT2D eigenvalue weighted by molar-refractivity contribution is 14.0. The van der Waals surface area contributed by atoms with Crippen molar-refractivity contribution in [3.8, 4) is 0 Å². The van der Waals surface area contributed by atoms with Gasteiger partial charge in [-0.25, -0.2) is 4.98 Å². The number of hydrogen-bond donors (Lipinski definition) is 2. The molecule has 1 saturated heterocycles. The van der Waals surface area contributed by atoms with E-state index in [0.29, 0.717) is 12.6 Å². The number of rotatable bonds is 5. The molecule has 0 saturated carbocycles. The summed E-state index contributed by atoms with van der Waals surface area (Å²) in [5, 5.41) is 6.98. The summed E-state index contributed by atoms with van der Waals surface area (Å²) in [5.41, 5.74) is 2.19. The molecule has 6 nitrogen and oxygen atoms in total. The van der Waals surface area contributed by atoms with E-state index in [4.69, 9.17) is 4.98 Å². The maximum absolute atomic E-state index is 4.71. The van der Waals surface area contributed by atoms with Crippen LogP contribution in [-0.4, -0.2) is 53.1 Å². The van der Waals surface area contributed by atoms with Crippen LogP contribution in [0, 0.1) is 0 Å². The lowest BCUT2D eigenvalue weighted by atomic mass is 10.1. The minimum Gasteiger partial charge on any atom is -0.354 e. The fourth-order valence-electron chi connectivity index (χ4n) is 3.52. The van der Waals surface area contributed by atoms with Crippen LogP contribution >= 0.6 is 24.0 Å². The number of para-hydroxylation sites is 2. The predicted molar refractivity (Wildman–Crippen MR) is 119 cm³/mol. The summed E-state index contributed by atoms with van der Waals surface area (Å²) in [6, 6.07) is 8.73. The smallest absolute Gasteiger partial charge is 0.191 e. The van der Waals surface area contributed by atoms with Gasteiger partial charge < -0.3 is 20.1 Å². The monoisotopic (exact) mass is 470 g/mol. The van der Waals surface area contributed by atoms with E-state index in [0.717, 1.165) is 22.8 Å². The molecule has 2 heterocycles. The molecule has 2 aromatic rings. The SMILES string of the molecule is CCCN1CCC(NC(=NC)NCc2nc3ccccc3n2C)CC1.I. The number of hydrogen-bond acceptors (Lipinski definition) is 3. The second-order valence-corrected chi connectivity index (χ2v) is 6.76. The number of halogens is 1. The number of nitrogens with zero attached hydrogens (tertiary/aromatic N) is 4. The van der Waals surface area contributed by atoms with Crippen molar-refractivity contribution in [3.05, 3.63) is 30.1 Å². The molecule has 1 aliphatic rings. The minimum absolute atomic E-state index is 0. The molecule has 0 bridgehead atoms. The molecule has 2 N–H and O–H groups in total. The molecule has 0 amide bonds. The summed E-state index contributed by atoms with van der Waals surface area (Å²) in [4.78, 5) is 11.6. The zero-order valence-corrected chi connectivity index (χ0v) is 18.4. The third-order valence-corrected chi connectivity index (χ3v) is 4.99. The molecule has 0 radical (unpaired) electrons. The van der Waals surface area contributed by atoms with Crippen molar-refractivity contribution >= 4 is 41.0 Å². The van der Waals surface area contributed by atoms with Crippen LogP contribution in [0.5, 0.6) is 0 Å². The van der Waals surface area contributed by atoms with Gasteiger partial charge in [0.15, 0.2) is 5.96 Å². The summed E-state index contributed by atoms with van der Waals surface area (Å²) >= 11 is 0. The number of nitrogens with one attached hydrogen (secondary N) is 2. The molecule has 1 aliphatic heterocycles. The van der Waals surface area contributed by atoms with Crippen molar-refractivity contribution in [1.82, 2.24) is 25.1 Å². The molecule has 3 rings (SSSR count). The van der Waals surface area contributed by atoms with Gasteiger partial charge in [-0.15, -0.1) is 24.0 Å². The number of aliphatic imine (C=N–C) groups is 1. The maximum Gasteiger partial charge on any atom is 0.191 e. The van der Waals surface area contributed by atoms with Gasteiger partial charge in [0.25, 0.3) is 0 Å². The minimum atomic E-state index is 0. The number of aryl methyl sites for hydroxylation is 1. The van der Waals surface area contributed by atoms with Crippen LogP contribution < -0.4 is 10.6 Å². The maximum atomic E-state index is 4.71. The number of imidazole rings is 1. The van der Waals surface area contributed by atoms with E-state index in [2.05, 4.69) is 51.2 Å². The summed E-state index contributed by atoms with van der Waals surface area (Å²) in [5.74, 6) is 1.88. The Hall–Kier alpha value is -1.35. The highest BCUT2D eigenvalue weighted by atomic mass is 127. The molecular formula is C19H31IN6. The van der Waals surface area contributed by atoms with E-state index in [1.807, 2.05) is 19.2 Å². The average Bonchev–Trinajstić information content (AvgIpc) is 2.96. The highest BCUT2D eigenvalue weighted by Gasteiger charge is 2.19. The quantitative estimate of drug-likeness (QED) is 0.401. The Morgan fingerprint density at radius 1 is 1.27 bits per heavy atom. The summed E-state index contributed by atoms with van der Waals surface area (Å²) in [6.07, 6.45) is 3.58. The third kappa shape index (κ3) is 5.09. The van der Waals surface area contributed by atoms with Crippen molar-refractivity contribution in [2.75, 3.05) is 26.7 Å². The van der Waals surface area contributed by atoms with Crippen LogP contribution in [0.25, 0.3) is 11.0 Å². The van der Waals surface area contributed by atoms with Crippen LogP contribution in [0.4, 0.5) is 0 Å². The number of benzene rings is 1. The number of piperidine rings is 1. The van der Waals surface area contributed by atoms with Crippen molar-refractivity contribution in [1.29, 1.82) is 0 Å². The Kier molecular flexibility index (Phi) is 8.15. The van der Waals surface area contributed by atoms with Gasteiger partial charge in [0.05, 0.1) is 17.6 Å². The van der Waals surface area contributed by atoms with Gasteiger partial charge in [0, 0.05) is 33.2 Å². The van der Waals surface area contributed by atoms with Crippen LogP contribution in [-0.2, 0) is 13.6 Å². The fourth-order valence-corrected chi connectivity index (χ4v) is 3.52. The molecular weight excluding hydrogens is 439 g/mol. The van der Waals surface area contributed by atoms with Gasteiger partial charge in [-0.2, -0.15) is 0 Å². The number of aromatic nitrogens is 2. The number of guanidine groups is 1. The van der Waals surface area contributed by atoms with Crippen molar-refractivity contribution in [2.24, 2.45) is 12.0 Å². The van der Waals surface area contributed by atoms with Crippen LogP contribution in [0.1, 0.15) is 32.0 Å². The lowest BCUT2D eigenvalue weighted by Gasteiger charge is -2.32. The zero-order valence-electron chi connectivity index (χ0n) is 16.0. The van der Waals surface area contributed by atoms with Gasteiger partial charge in [0.2, 0.25) is 0 Å². The number of likely N-dealkylation sites (tertiary alicyclic amines) is 1. The summed E-state index contributed by atoms with van der Waals surface area (Å²) in [6.45, 7) is 6.48. The van der Waals surface area contributed by atoms with Crippen LogP contribution in [0.15, 0.2) is 29.3 Å². The Morgan fingerprint density at radius 3 is 2.65 bits per heavy atom. The van der Waals surface area contributed by atoms with Gasteiger partial charge in [-0.3, -0.25) is 4.99 Å². The van der Waals surface area contributed by atoms with Crippen LogP contribution in [0.2, 0.25) is 0 Å². The van der Waals surface area contributed by atoms with Gasteiger partial charge in [-0.05, 0) is 37.9 Å². The predicted octanol–water partition coefficient (Wildman–Crippen LogP) is 2.73. The molecule has 0 atom stereocenters. The van der Waals surface area contributed by atoms with Crippen molar-refractivity contribution in [3.63, 3.8) is 0 Å². The molecule has 144 valence electrons. The molecule has 26 heavy (non-hydrogen) atoms. The second-order valence-electron chi connectivity index (χ2n) is 6.76. The van der Waals surface area contributed by atoms with Gasteiger partial charge in [-0.1, -0.05) is 19.1 Å². The first-order chi connectivity index (χ1) is 12.2. The molecule has 0 unspecified atom stereocenters. The molecule has 7 heteroatoms. The lowest BCUT2D eigenvalue weighted by Crippen LogP contribution is -2.48. The Labute approximate surface area is 173 Å². The van der Waals surface area contributed by atoms with Crippen LogP contribution in [0.3, 0.4) is 0 Å². The normalized spacial score (nSPS) is 16.5. The zero-order chi connectivity index (χ0) is 17.6. The van der Waals surface area contributed by atoms with E-state index >= 15 is 0 Å². The van der Waals surface area contributed by atoms with Gasteiger partial charge in [0.1, 0.15) is 5.82 Å². The third-order valence-electron chi connectivity index (χ3n) is 4.99. The Morgan fingerprint density at radius 2 is 2.00 bits per heavy atom. The molecule has 1 aromatic carbocycles. The first-order valence-corrected chi connectivity index (χ1v) is 9.31. The topological polar surface area (TPSA) is 57.5 Å². The Bertz CT molecular complexity index is 718. The fraction of sp³-hybridized carbons (Fsp3) is 0.579. The van der Waals surface area contributed by atoms with Crippen molar-refractivity contribution < 1.29 is 0 Å². The first kappa shape index (κ1) is 21.0. The molecule has 1 fully saturated rings. The largest absolute Gasteiger partial charge is 0.354 e. The average molecular weight is 470 g/mol. The summed E-state index contributed by atoms with van der Waals surface area (Å²) < 4.78 is 2.14. The van der Waals surface area contributed by atoms with E-state index in [1.165, 1.54) is 38.9 Å². The van der Waals surface area contributed by atoms with E-state index < -0.39 is 0 Å². The standard InChI is InChI=1S/C19H30N6.HI/c1-4-11-25-12-9-15(10-13-25)22-19(20-2)21-14-18-23-16-7-5-6-8-17(16)24(18)3;/h5-8,15H,4,9-14H2,1-3H3,(H2,20,21,22);1H. The van der Waals surface area contributed by atoms with E-state index in [9.17, 15) is 0 Å². The lowest BCUT2D eigenvalue weighted by molar-refractivity contribution is 0.206. The van der Waals surface area contributed by atoms with Crippen molar-refractivity contribution in [2.45, 2.75) is 38.8 Å². The Balaban J connectivity index is 0.00000243. The highest BCUT2D eigenvalue weighted by Crippen LogP contribution is 2.14. The molecule has 0 aliphatic carbocycles. The van der Waals surface area contributed by atoms with E-state index in [1.54, 1.807) is 0 Å². The summed E-state index contributed by atoms with van der Waals surface area (Å²) in [7, 11) is 3.89.